The van der Waals surface area contributed by atoms with E-state index in [9.17, 15) is 0 Å². The third kappa shape index (κ3) is 5.62. The van der Waals surface area contributed by atoms with Crippen LogP contribution in [-0.2, 0) is 11.0 Å². The fourth-order valence-corrected chi connectivity index (χ4v) is 11.5. The van der Waals surface area contributed by atoms with Gasteiger partial charge in [0.1, 0.15) is 23.0 Å². The maximum atomic E-state index is 7.80. The fourth-order valence-electron chi connectivity index (χ4n) is 10.2. The maximum Gasteiger partial charge on any atom is 0.178 e. The van der Waals surface area contributed by atoms with Crippen LogP contribution < -0.4 is 18.9 Å². The van der Waals surface area contributed by atoms with Gasteiger partial charge in [-0.25, -0.2) is 0 Å². The van der Waals surface area contributed by atoms with E-state index in [-0.39, 0.29) is 10.3 Å². The Morgan fingerprint density at radius 1 is 0.745 bits per heavy atom. The molecule has 0 aromatic heterocycles. The number of hydrogen-bond acceptors (Lipinski definition) is 5. The first-order chi connectivity index (χ1) is 26.7. The Bertz CT molecular complexity index is 2250. The summed E-state index contributed by atoms with van der Waals surface area (Å²) in [4.78, 5) is 0.853. The molecule has 1 saturated carbocycles. The highest BCUT2D eigenvalue weighted by Crippen LogP contribution is 2.64. The summed E-state index contributed by atoms with van der Waals surface area (Å²) >= 11 is 1.89. The summed E-state index contributed by atoms with van der Waals surface area (Å²) in [5.41, 5.74) is 8.05. The van der Waals surface area contributed by atoms with Crippen LogP contribution in [0.3, 0.4) is 0 Å². The SMILES string of the molecule is CCCOc1ccc(C2(c3ccc(OC)cc3)C=Cc3c4c(c5cc6c(cc5c3O2)SC(C(C)C)(C(C)C)O6)-c2ccccc2C42CCCCCCC2)cc1. The number of rotatable bonds is 8. The second-order valence-electron chi connectivity index (χ2n) is 16.7. The Balaban J connectivity index is 1.33. The molecule has 55 heavy (non-hydrogen) atoms. The Morgan fingerprint density at radius 2 is 1.40 bits per heavy atom. The van der Waals surface area contributed by atoms with Gasteiger partial charge in [0.05, 0.1) is 18.6 Å². The topological polar surface area (TPSA) is 36.9 Å². The van der Waals surface area contributed by atoms with Crippen LogP contribution in [0.15, 0.2) is 95.9 Å². The zero-order chi connectivity index (χ0) is 38.0. The van der Waals surface area contributed by atoms with Crippen molar-refractivity contribution in [1.29, 1.82) is 0 Å². The number of ether oxygens (including phenoxy) is 4. The molecule has 5 aromatic carbocycles. The molecule has 0 saturated heterocycles. The zero-order valence-corrected chi connectivity index (χ0v) is 34.1. The molecule has 1 fully saturated rings. The number of hydrogen-bond donors (Lipinski definition) is 0. The van der Waals surface area contributed by atoms with Gasteiger partial charge in [0.25, 0.3) is 0 Å². The van der Waals surface area contributed by atoms with E-state index in [1.807, 2.05) is 23.9 Å². The molecule has 1 spiro atoms. The maximum absolute atomic E-state index is 7.80. The Morgan fingerprint density at radius 3 is 2.05 bits per heavy atom. The van der Waals surface area contributed by atoms with Crippen LogP contribution in [0.4, 0.5) is 0 Å². The third-order valence-corrected chi connectivity index (χ3v) is 14.8. The van der Waals surface area contributed by atoms with E-state index in [0.29, 0.717) is 18.4 Å². The lowest BCUT2D eigenvalue weighted by Crippen LogP contribution is -2.40. The predicted molar refractivity (Wildman–Crippen MR) is 227 cm³/mol. The van der Waals surface area contributed by atoms with E-state index in [4.69, 9.17) is 18.9 Å². The lowest BCUT2D eigenvalue weighted by Gasteiger charge is -2.40. The Hall–Kier alpha value is -4.35. The molecule has 0 bridgehead atoms. The van der Waals surface area contributed by atoms with Crippen molar-refractivity contribution in [3.8, 4) is 34.1 Å². The van der Waals surface area contributed by atoms with Crippen molar-refractivity contribution in [2.45, 2.75) is 107 Å². The third-order valence-electron chi connectivity index (χ3n) is 12.9. The standard InChI is InChI=1S/C50H54O4S/c1-7-29-52-37-23-19-35(20-24-37)49(34-17-21-36(51-6)22-18-34)28-25-39-46-45(38-15-11-12-16-42(38)48(46)26-13-9-8-10-14-27-48)40-30-43-44(31-41(40)47(39)54-49)55-50(53-43,32(2)3)33(4)5/h11-12,15-25,28,30-33H,7-10,13-14,26-27,29H2,1-6H3. The second kappa shape index (κ2) is 14.0. The van der Waals surface area contributed by atoms with E-state index in [0.717, 1.165) is 58.8 Å². The van der Waals surface area contributed by atoms with Gasteiger partial charge in [-0.2, -0.15) is 0 Å². The van der Waals surface area contributed by atoms with Gasteiger partial charge in [0, 0.05) is 39.3 Å². The van der Waals surface area contributed by atoms with Gasteiger partial charge in [0.15, 0.2) is 10.5 Å². The largest absolute Gasteiger partial charge is 0.497 e. The van der Waals surface area contributed by atoms with Gasteiger partial charge in [-0.1, -0.05) is 133 Å². The first-order valence-electron chi connectivity index (χ1n) is 20.7. The highest BCUT2D eigenvalue weighted by molar-refractivity contribution is 8.01. The monoisotopic (exact) mass is 750 g/mol. The molecule has 0 radical (unpaired) electrons. The molecule has 1 atom stereocenters. The van der Waals surface area contributed by atoms with Crippen LogP contribution in [0.5, 0.6) is 23.0 Å². The van der Waals surface area contributed by atoms with Gasteiger partial charge >= 0.3 is 0 Å². The van der Waals surface area contributed by atoms with Crippen molar-refractivity contribution in [2.75, 3.05) is 13.7 Å². The van der Waals surface area contributed by atoms with Crippen LogP contribution in [0, 0.1) is 11.8 Å². The smallest absolute Gasteiger partial charge is 0.178 e. The van der Waals surface area contributed by atoms with E-state index < -0.39 is 5.60 Å². The Labute approximate surface area is 331 Å². The molecule has 4 aliphatic rings. The predicted octanol–water partition coefficient (Wildman–Crippen LogP) is 13.5. The molecule has 0 N–H and O–H groups in total. The minimum atomic E-state index is -0.883. The van der Waals surface area contributed by atoms with Crippen molar-refractivity contribution < 1.29 is 18.9 Å². The molecular formula is C50H54O4S. The van der Waals surface area contributed by atoms with Crippen LogP contribution in [0.1, 0.15) is 114 Å². The average molecular weight is 751 g/mol. The first-order valence-corrected chi connectivity index (χ1v) is 21.5. The molecule has 9 rings (SSSR count). The van der Waals surface area contributed by atoms with Crippen LogP contribution in [0.2, 0.25) is 0 Å². The van der Waals surface area contributed by atoms with Gasteiger partial charge < -0.3 is 18.9 Å². The summed E-state index contributed by atoms with van der Waals surface area (Å²) in [6, 6.07) is 31.0. The lowest BCUT2D eigenvalue weighted by atomic mass is 9.67. The second-order valence-corrected chi connectivity index (χ2v) is 18.0. The fraction of sp³-hybridized carbons (Fsp3) is 0.400. The van der Waals surface area contributed by atoms with Gasteiger partial charge in [0.2, 0.25) is 0 Å². The average Bonchev–Trinajstić information content (AvgIpc) is 3.73. The summed E-state index contributed by atoms with van der Waals surface area (Å²) in [6.07, 6.45) is 14.3. The summed E-state index contributed by atoms with van der Waals surface area (Å²) in [5.74, 6) is 4.31. The summed E-state index contributed by atoms with van der Waals surface area (Å²) in [7, 11) is 1.72. The number of thioether (sulfide) groups is 1. The molecule has 4 nitrogen and oxygen atoms in total. The lowest BCUT2D eigenvalue weighted by molar-refractivity contribution is 0.0757. The summed E-state index contributed by atoms with van der Waals surface area (Å²) in [6.45, 7) is 12.0. The number of fused-ring (bicyclic) bond motifs is 11. The minimum absolute atomic E-state index is 0.0784. The van der Waals surface area contributed by atoms with Crippen molar-refractivity contribution in [3.05, 3.63) is 119 Å². The first kappa shape index (κ1) is 36.3. The van der Waals surface area contributed by atoms with E-state index in [1.165, 1.54) is 70.2 Å². The molecule has 2 heterocycles. The van der Waals surface area contributed by atoms with Crippen molar-refractivity contribution in [3.63, 3.8) is 0 Å². The number of benzene rings is 5. The zero-order valence-electron chi connectivity index (χ0n) is 33.3. The molecule has 1 unspecified atom stereocenters. The quantitative estimate of drug-likeness (QED) is 0.158. The normalized spacial score (nSPS) is 20.3. The van der Waals surface area contributed by atoms with Gasteiger partial charge in [-0.05, 0) is 89.4 Å². The molecule has 5 aromatic rings. The molecule has 0 amide bonds. The molecule has 5 heteroatoms. The molecule has 284 valence electrons. The molecular weight excluding hydrogens is 697 g/mol. The van der Waals surface area contributed by atoms with Crippen LogP contribution in [-0.4, -0.2) is 18.6 Å². The minimum Gasteiger partial charge on any atom is -0.497 e. The van der Waals surface area contributed by atoms with Crippen molar-refractivity contribution >= 4 is 28.6 Å². The Kier molecular flexibility index (Phi) is 9.23. The highest BCUT2D eigenvalue weighted by atomic mass is 32.2. The molecule has 2 aliphatic carbocycles. The van der Waals surface area contributed by atoms with E-state index in [1.54, 1.807) is 7.11 Å². The van der Waals surface area contributed by atoms with Crippen LogP contribution >= 0.6 is 11.8 Å². The molecule has 2 aliphatic heterocycles. The summed E-state index contributed by atoms with van der Waals surface area (Å²) in [5, 5.41) is 2.37. The van der Waals surface area contributed by atoms with Gasteiger partial charge in [-0.15, -0.1) is 0 Å². The van der Waals surface area contributed by atoms with Gasteiger partial charge in [-0.3, -0.25) is 0 Å². The number of methoxy groups -OCH3 is 1. The highest BCUT2D eigenvalue weighted by Gasteiger charge is 2.50. The summed E-state index contributed by atoms with van der Waals surface area (Å²) < 4.78 is 26.6. The van der Waals surface area contributed by atoms with E-state index >= 15 is 0 Å². The van der Waals surface area contributed by atoms with Crippen LogP contribution in [0.25, 0.3) is 28.0 Å². The van der Waals surface area contributed by atoms with E-state index in [2.05, 4.69) is 120 Å². The van der Waals surface area contributed by atoms with Crippen molar-refractivity contribution in [2.24, 2.45) is 11.8 Å². The van der Waals surface area contributed by atoms with Crippen molar-refractivity contribution in [1.82, 2.24) is 0 Å².